The fourth-order valence-corrected chi connectivity index (χ4v) is 5.37. The van der Waals surface area contributed by atoms with E-state index in [2.05, 4.69) is 31.6 Å². The molecule has 3 unspecified atom stereocenters. The molecule has 2 fully saturated rings. The molecule has 7 heteroatoms. The number of hydrogen-bond acceptors (Lipinski definition) is 3. The molecule has 6 nitrogen and oxygen atoms in total. The van der Waals surface area contributed by atoms with Gasteiger partial charge in [-0.2, -0.15) is 0 Å². The van der Waals surface area contributed by atoms with Crippen LogP contribution >= 0.6 is 11.6 Å². The molecule has 2 heterocycles. The van der Waals surface area contributed by atoms with Crippen LogP contribution in [0.3, 0.4) is 0 Å². The van der Waals surface area contributed by atoms with Crippen LogP contribution in [-0.2, 0) is 0 Å². The molecule has 2 aromatic heterocycles. The molecule has 152 valence electrons. The number of hydrogen-bond donors (Lipinski definition) is 1. The topological polar surface area (TPSA) is 64.2 Å². The van der Waals surface area contributed by atoms with E-state index in [-0.39, 0.29) is 11.9 Å². The first kappa shape index (κ1) is 19.1. The van der Waals surface area contributed by atoms with Gasteiger partial charge in [0, 0.05) is 28.9 Å². The number of amides is 1. The lowest BCUT2D eigenvalue weighted by Crippen LogP contribution is -2.37. The molecule has 0 spiro atoms. The molecule has 5 atom stereocenters. The number of carbonyl (C=O) groups is 1. The van der Waals surface area contributed by atoms with Gasteiger partial charge >= 0.3 is 0 Å². The van der Waals surface area contributed by atoms with Crippen LogP contribution in [0.2, 0.25) is 5.02 Å². The molecule has 5 rings (SSSR count). The Morgan fingerprint density at radius 3 is 2.70 bits per heavy atom. The second-order valence-corrected chi connectivity index (χ2v) is 8.76. The number of halogens is 1. The van der Waals surface area contributed by atoms with Crippen LogP contribution < -0.4 is 5.32 Å². The van der Waals surface area contributed by atoms with E-state index in [4.69, 9.17) is 18.2 Å². The number of benzene rings is 1. The summed E-state index contributed by atoms with van der Waals surface area (Å²) in [6, 6.07) is 9.41. The Kier molecular flexibility index (Phi) is 4.71. The van der Waals surface area contributed by atoms with Crippen LogP contribution in [0.1, 0.15) is 42.6 Å². The van der Waals surface area contributed by atoms with Crippen LogP contribution in [0.4, 0.5) is 5.69 Å². The summed E-state index contributed by atoms with van der Waals surface area (Å²) < 4.78 is 2.17. The van der Waals surface area contributed by atoms with Crippen molar-refractivity contribution in [3.05, 3.63) is 64.9 Å². The first-order chi connectivity index (χ1) is 14.6. The minimum Gasteiger partial charge on any atom is -0.349 e. The van der Waals surface area contributed by atoms with Gasteiger partial charge in [0.15, 0.2) is 5.65 Å². The van der Waals surface area contributed by atoms with E-state index < -0.39 is 0 Å². The van der Waals surface area contributed by atoms with Crippen molar-refractivity contribution in [2.45, 2.75) is 38.3 Å². The minimum atomic E-state index is -0.0274. The lowest BCUT2D eigenvalue weighted by molar-refractivity contribution is 0.0927. The number of pyridine rings is 1. The molecule has 0 saturated heterocycles. The van der Waals surface area contributed by atoms with Crippen molar-refractivity contribution >= 4 is 34.4 Å². The molecule has 30 heavy (non-hydrogen) atoms. The Balaban J connectivity index is 1.25. The third kappa shape index (κ3) is 3.23. The molecule has 0 aliphatic heterocycles. The maximum Gasteiger partial charge on any atom is 0.251 e. The highest BCUT2D eigenvalue weighted by atomic mass is 35.5. The summed E-state index contributed by atoms with van der Waals surface area (Å²) in [4.78, 5) is 25.0. The van der Waals surface area contributed by atoms with Crippen molar-refractivity contribution in [2.75, 3.05) is 0 Å². The third-order valence-corrected chi connectivity index (χ3v) is 6.99. The van der Waals surface area contributed by atoms with Gasteiger partial charge in [-0.05, 0) is 67.3 Å². The van der Waals surface area contributed by atoms with Crippen LogP contribution in [0.5, 0.6) is 0 Å². The van der Waals surface area contributed by atoms with E-state index in [1.165, 1.54) is 0 Å². The molecule has 0 radical (unpaired) electrons. The largest absolute Gasteiger partial charge is 0.349 e. The second-order valence-electron chi connectivity index (χ2n) is 8.33. The van der Waals surface area contributed by atoms with Gasteiger partial charge in [-0.3, -0.25) is 4.79 Å². The Bertz CT molecular complexity index is 1140. The molecule has 1 aromatic carbocycles. The number of nitrogens with one attached hydrogen (secondary N) is 1. The summed E-state index contributed by atoms with van der Waals surface area (Å²) in [5.74, 6) is 1.77. The summed E-state index contributed by atoms with van der Waals surface area (Å²) in [5.41, 5.74) is 2.80. The highest BCUT2D eigenvalue weighted by molar-refractivity contribution is 6.30. The molecule has 0 bridgehead atoms. The molecule has 3 aromatic rings. The highest BCUT2D eigenvalue weighted by Gasteiger charge is 2.59. The predicted octanol–water partition coefficient (Wildman–Crippen LogP) is 5.04. The van der Waals surface area contributed by atoms with Crippen LogP contribution in [0.15, 0.2) is 42.9 Å². The molecular weight excluding hydrogens is 398 g/mol. The number of nitrogens with zero attached hydrogens (tertiary/aromatic N) is 4. The number of fused-ring (bicyclic) bond motifs is 2. The standard InChI is InChI=1S/C23H22ClN5O/c1-3-19(28-23(30)13-4-6-14(24)7-5-13)21-17-9-16(10-18(17)21)29-12-27-20-8-15(25-2)11-26-22(20)29/h4-8,11-12,16-19,21H,3,9-10H2,1H3,(H,28,30)/t16?,17-,18+,19?,21?. The zero-order valence-corrected chi connectivity index (χ0v) is 17.4. The first-order valence-corrected chi connectivity index (χ1v) is 10.7. The maximum atomic E-state index is 12.6. The zero-order valence-electron chi connectivity index (χ0n) is 16.6. The zero-order chi connectivity index (χ0) is 20.8. The van der Waals surface area contributed by atoms with Gasteiger partial charge in [-0.15, -0.1) is 0 Å². The van der Waals surface area contributed by atoms with E-state index in [1.807, 2.05) is 6.33 Å². The molecular formula is C23H22ClN5O. The van der Waals surface area contributed by atoms with Crippen LogP contribution in [-0.4, -0.2) is 26.5 Å². The summed E-state index contributed by atoms with van der Waals surface area (Å²) in [7, 11) is 0. The summed E-state index contributed by atoms with van der Waals surface area (Å²) in [5, 5.41) is 3.88. The third-order valence-electron chi connectivity index (χ3n) is 6.73. The fourth-order valence-electron chi connectivity index (χ4n) is 5.25. The van der Waals surface area contributed by atoms with E-state index in [9.17, 15) is 4.79 Å². The smallest absolute Gasteiger partial charge is 0.251 e. The number of aromatic nitrogens is 3. The number of carbonyl (C=O) groups excluding carboxylic acids is 1. The van der Waals surface area contributed by atoms with Crippen molar-refractivity contribution in [3.8, 4) is 0 Å². The summed E-state index contributed by atoms with van der Waals surface area (Å²) in [6.45, 7) is 9.27. The van der Waals surface area contributed by atoms with Crippen molar-refractivity contribution in [1.29, 1.82) is 0 Å². The predicted molar refractivity (Wildman–Crippen MR) is 116 cm³/mol. The van der Waals surface area contributed by atoms with Gasteiger partial charge in [0.25, 0.3) is 5.91 Å². The van der Waals surface area contributed by atoms with Crippen molar-refractivity contribution < 1.29 is 4.79 Å². The SMILES string of the molecule is [C-]#[N+]c1cnc2c(c1)ncn2C1C[C@@H]2C(C(CC)NC(=O)c3ccc(Cl)cc3)[C@@H]2C1. The van der Waals surface area contributed by atoms with Crippen LogP contribution in [0.25, 0.3) is 16.0 Å². The Hall–Kier alpha value is -2.91. The van der Waals surface area contributed by atoms with Gasteiger partial charge in [0.2, 0.25) is 5.69 Å². The Labute approximate surface area is 180 Å². The lowest BCUT2D eigenvalue weighted by Gasteiger charge is -2.22. The lowest BCUT2D eigenvalue weighted by atomic mass is 9.99. The van der Waals surface area contributed by atoms with Crippen LogP contribution in [0, 0.1) is 24.3 Å². The average molecular weight is 420 g/mol. The van der Waals surface area contributed by atoms with Gasteiger partial charge in [-0.1, -0.05) is 18.5 Å². The maximum absolute atomic E-state index is 12.6. The first-order valence-electron chi connectivity index (χ1n) is 10.4. The highest BCUT2D eigenvalue weighted by Crippen LogP contribution is 2.62. The normalized spacial score (nSPS) is 25.5. The minimum absolute atomic E-state index is 0.0274. The monoisotopic (exact) mass is 419 g/mol. The van der Waals surface area contributed by atoms with E-state index in [1.54, 1.807) is 36.5 Å². The Morgan fingerprint density at radius 2 is 2.03 bits per heavy atom. The fraction of sp³-hybridized carbons (Fsp3) is 0.391. The molecule has 1 N–H and O–H groups in total. The van der Waals surface area contributed by atoms with Gasteiger partial charge in [0.1, 0.15) is 0 Å². The quantitative estimate of drug-likeness (QED) is 0.589. The van der Waals surface area contributed by atoms with E-state index >= 15 is 0 Å². The van der Waals surface area contributed by atoms with Gasteiger partial charge < -0.3 is 9.88 Å². The number of rotatable bonds is 5. The molecule has 2 aliphatic carbocycles. The van der Waals surface area contributed by atoms with Crippen molar-refractivity contribution in [2.24, 2.45) is 17.8 Å². The van der Waals surface area contributed by atoms with Gasteiger partial charge in [-0.25, -0.2) is 14.8 Å². The second kappa shape index (κ2) is 7.41. The summed E-state index contributed by atoms with van der Waals surface area (Å²) in [6.07, 6.45) is 6.57. The molecule has 1 amide bonds. The van der Waals surface area contributed by atoms with E-state index in [0.717, 1.165) is 30.4 Å². The Morgan fingerprint density at radius 1 is 1.30 bits per heavy atom. The van der Waals surface area contributed by atoms with Crippen molar-refractivity contribution in [3.63, 3.8) is 0 Å². The molecule has 2 aliphatic rings. The van der Waals surface area contributed by atoms with Gasteiger partial charge in [0.05, 0.1) is 18.4 Å². The summed E-state index contributed by atoms with van der Waals surface area (Å²) >= 11 is 5.93. The van der Waals surface area contributed by atoms with E-state index in [0.29, 0.717) is 40.1 Å². The molecule has 2 saturated carbocycles. The number of imidazole rings is 1. The van der Waals surface area contributed by atoms with Crippen molar-refractivity contribution in [1.82, 2.24) is 19.9 Å². The average Bonchev–Trinajstić information content (AvgIpc) is 3.09.